The first kappa shape index (κ1) is 9.32. The van der Waals surface area contributed by atoms with Gasteiger partial charge in [-0.25, -0.2) is 0 Å². The Hall–Kier alpha value is -1.77. The van der Waals surface area contributed by atoms with Gasteiger partial charge in [0.25, 0.3) is 5.91 Å². The van der Waals surface area contributed by atoms with Gasteiger partial charge in [0.2, 0.25) is 0 Å². The van der Waals surface area contributed by atoms with Gasteiger partial charge in [0.05, 0.1) is 0 Å². The maximum Gasteiger partial charge on any atom is 0.251 e. The maximum atomic E-state index is 11.1. The van der Waals surface area contributed by atoms with Gasteiger partial charge in [-0.1, -0.05) is 18.7 Å². The first-order valence-corrected chi connectivity index (χ1v) is 3.85. The Bertz CT molecular complexity index is 327. The molecule has 3 heteroatoms. The number of benzene rings is 1. The number of phenolic OH excluding ortho intramolecular Hbond substituents is 1. The predicted molar refractivity (Wildman–Crippen MR) is 51.2 cm³/mol. The molecule has 13 heavy (non-hydrogen) atoms. The third kappa shape index (κ3) is 2.08. The first-order valence-electron chi connectivity index (χ1n) is 3.85. The number of carbonyl (C=O) groups is 1. The van der Waals surface area contributed by atoms with Crippen molar-refractivity contribution in [2.45, 2.75) is 0 Å². The van der Waals surface area contributed by atoms with Crippen molar-refractivity contribution in [1.82, 2.24) is 5.32 Å². The lowest BCUT2D eigenvalue weighted by Gasteiger charge is -2.03. The van der Waals surface area contributed by atoms with Crippen molar-refractivity contribution in [3.8, 4) is 5.75 Å². The van der Waals surface area contributed by atoms with Crippen molar-refractivity contribution in [3.63, 3.8) is 0 Å². The summed E-state index contributed by atoms with van der Waals surface area (Å²) in [7, 11) is 1.55. The van der Waals surface area contributed by atoms with Crippen LogP contribution in [0, 0.1) is 0 Å². The van der Waals surface area contributed by atoms with Gasteiger partial charge < -0.3 is 10.4 Å². The fraction of sp³-hybridized carbons (Fsp3) is 0.100. The molecule has 1 aromatic rings. The molecule has 0 aliphatic rings. The molecule has 1 aromatic carbocycles. The molecule has 0 saturated carbocycles. The molecule has 3 nitrogen and oxygen atoms in total. The molecule has 2 N–H and O–H groups in total. The average Bonchev–Trinajstić information content (AvgIpc) is 2.17. The van der Waals surface area contributed by atoms with Crippen LogP contribution in [-0.4, -0.2) is 18.1 Å². The zero-order valence-electron chi connectivity index (χ0n) is 7.37. The Morgan fingerprint density at radius 2 is 1.92 bits per heavy atom. The van der Waals surface area contributed by atoms with Crippen LogP contribution in [0.3, 0.4) is 0 Å². The minimum absolute atomic E-state index is 0.174. The van der Waals surface area contributed by atoms with Gasteiger partial charge >= 0.3 is 0 Å². The lowest BCUT2D eigenvalue weighted by Crippen LogP contribution is -2.18. The monoisotopic (exact) mass is 177 g/mol. The molecule has 0 aliphatic carbocycles. The van der Waals surface area contributed by atoms with Crippen molar-refractivity contribution >= 4 is 11.5 Å². The Balaban J connectivity index is 2.90. The summed E-state index contributed by atoms with van der Waals surface area (Å²) in [4.78, 5) is 11.1. The molecule has 1 amide bonds. The van der Waals surface area contributed by atoms with Crippen molar-refractivity contribution < 1.29 is 9.90 Å². The highest BCUT2D eigenvalue weighted by Crippen LogP contribution is 2.16. The number of hydrogen-bond donors (Lipinski definition) is 2. The normalized spacial score (nSPS) is 9.31. The van der Waals surface area contributed by atoms with Crippen molar-refractivity contribution in [1.29, 1.82) is 0 Å². The number of rotatable bonds is 2. The van der Waals surface area contributed by atoms with E-state index in [4.69, 9.17) is 5.11 Å². The van der Waals surface area contributed by atoms with Crippen LogP contribution in [0.1, 0.15) is 5.56 Å². The summed E-state index contributed by atoms with van der Waals surface area (Å²) in [5.41, 5.74) is 1.10. The molecule has 0 aromatic heterocycles. The predicted octanol–water partition coefficient (Wildman–Crippen LogP) is 1.15. The SMILES string of the molecule is C=C(C(=O)NC)c1ccc(O)cc1. The van der Waals surface area contributed by atoms with E-state index in [1.54, 1.807) is 19.2 Å². The highest BCUT2D eigenvalue weighted by atomic mass is 16.3. The van der Waals surface area contributed by atoms with E-state index in [-0.39, 0.29) is 11.7 Å². The molecule has 0 bridgehead atoms. The Kier molecular flexibility index (Phi) is 2.69. The van der Waals surface area contributed by atoms with Gasteiger partial charge in [0, 0.05) is 12.6 Å². The lowest BCUT2D eigenvalue weighted by atomic mass is 10.1. The van der Waals surface area contributed by atoms with E-state index in [2.05, 4.69) is 11.9 Å². The molecular formula is C10H11NO2. The topological polar surface area (TPSA) is 49.3 Å². The Morgan fingerprint density at radius 1 is 1.38 bits per heavy atom. The summed E-state index contributed by atoms with van der Waals surface area (Å²) >= 11 is 0. The van der Waals surface area contributed by atoms with Crippen LogP contribution in [0.25, 0.3) is 5.57 Å². The number of likely N-dealkylation sites (N-methyl/N-ethyl adjacent to an activating group) is 1. The van der Waals surface area contributed by atoms with Gasteiger partial charge in [-0.2, -0.15) is 0 Å². The standard InChI is InChI=1S/C10H11NO2/c1-7(10(13)11-2)8-3-5-9(12)6-4-8/h3-6,12H,1H2,2H3,(H,11,13). The van der Waals surface area contributed by atoms with Crippen LogP contribution in [0.2, 0.25) is 0 Å². The van der Waals surface area contributed by atoms with E-state index in [9.17, 15) is 4.79 Å². The second kappa shape index (κ2) is 3.76. The summed E-state index contributed by atoms with van der Waals surface area (Å²) in [5.74, 6) is -0.0425. The van der Waals surface area contributed by atoms with Gasteiger partial charge in [0.15, 0.2) is 0 Å². The quantitative estimate of drug-likeness (QED) is 0.666. The van der Waals surface area contributed by atoms with Crippen LogP contribution >= 0.6 is 0 Å². The third-order valence-electron chi connectivity index (χ3n) is 1.72. The van der Waals surface area contributed by atoms with Gasteiger partial charge in [-0.15, -0.1) is 0 Å². The van der Waals surface area contributed by atoms with Crippen molar-refractivity contribution in [2.24, 2.45) is 0 Å². The second-order valence-corrected chi connectivity index (χ2v) is 2.60. The van der Waals surface area contributed by atoms with Gasteiger partial charge in [-0.05, 0) is 17.7 Å². The van der Waals surface area contributed by atoms with Crippen molar-refractivity contribution in [3.05, 3.63) is 36.4 Å². The largest absolute Gasteiger partial charge is 0.508 e. The molecule has 0 radical (unpaired) electrons. The van der Waals surface area contributed by atoms with E-state index >= 15 is 0 Å². The summed E-state index contributed by atoms with van der Waals surface area (Å²) in [5, 5.41) is 11.5. The average molecular weight is 177 g/mol. The fourth-order valence-electron chi connectivity index (χ4n) is 0.945. The zero-order valence-corrected chi connectivity index (χ0v) is 7.37. The Morgan fingerprint density at radius 3 is 2.38 bits per heavy atom. The number of carbonyl (C=O) groups excluding carboxylic acids is 1. The van der Waals surface area contributed by atoms with Crippen LogP contribution < -0.4 is 5.32 Å². The van der Waals surface area contributed by atoms with E-state index in [1.807, 2.05) is 0 Å². The van der Waals surface area contributed by atoms with Crippen LogP contribution in [0.4, 0.5) is 0 Å². The van der Waals surface area contributed by atoms with Crippen LogP contribution in [0.5, 0.6) is 5.75 Å². The maximum absolute atomic E-state index is 11.1. The highest BCUT2D eigenvalue weighted by molar-refractivity contribution is 6.18. The second-order valence-electron chi connectivity index (χ2n) is 2.60. The Labute approximate surface area is 76.7 Å². The third-order valence-corrected chi connectivity index (χ3v) is 1.72. The molecule has 1 rings (SSSR count). The molecule has 68 valence electrons. The molecule has 0 saturated heterocycles. The molecule has 0 unspecified atom stereocenters. The minimum atomic E-state index is -0.217. The number of nitrogens with one attached hydrogen (secondary N) is 1. The number of amides is 1. The van der Waals surface area contributed by atoms with Crippen LogP contribution in [-0.2, 0) is 4.79 Å². The van der Waals surface area contributed by atoms with E-state index in [1.165, 1.54) is 12.1 Å². The molecule has 0 aliphatic heterocycles. The molecule has 0 heterocycles. The minimum Gasteiger partial charge on any atom is -0.508 e. The number of aromatic hydroxyl groups is 1. The van der Waals surface area contributed by atoms with Crippen molar-refractivity contribution in [2.75, 3.05) is 7.05 Å². The molecule has 0 spiro atoms. The fourth-order valence-corrected chi connectivity index (χ4v) is 0.945. The summed E-state index contributed by atoms with van der Waals surface area (Å²) < 4.78 is 0. The number of phenols is 1. The molecular weight excluding hydrogens is 166 g/mol. The van der Waals surface area contributed by atoms with Crippen LogP contribution in [0.15, 0.2) is 30.8 Å². The lowest BCUT2D eigenvalue weighted by molar-refractivity contribution is -0.115. The van der Waals surface area contributed by atoms with E-state index in [0.29, 0.717) is 11.1 Å². The first-order chi connectivity index (χ1) is 6.15. The summed E-state index contributed by atoms with van der Waals surface area (Å²) in [6.07, 6.45) is 0. The summed E-state index contributed by atoms with van der Waals surface area (Å²) in [6.45, 7) is 3.63. The zero-order chi connectivity index (χ0) is 9.84. The van der Waals surface area contributed by atoms with Gasteiger partial charge in [-0.3, -0.25) is 4.79 Å². The summed E-state index contributed by atoms with van der Waals surface area (Å²) in [6, 6.07) is 6.33. The smallest absolute Gasteiger partial charge is 0.251 e. The number of hydrogen-bond acceptors (Lipinski definition) is 2. The highest BCUT2D eigenvalue weighted by Gasteiger charge is 2.06. The van der Waals surface area contributed by atoms with E-state index in [0.717, 1.165) is 0 Å². The van der Waals surface area contributed by atoms with E-state index < -0.39 is 0 Å². The molecule has 0 fully saturated rings. The molecule has 0 atom stereocenters. The van der Waals surface area contributed by atoms with Gasteiger partial charge in [0.1, 0.15) is 5.75 Å².